The molecular weight excluding hydrogens is 218 g/mol. The number of esters is 1. The van der Waals surface area contributed by atoms with Crippen molar-refractivity contribution in [3.8, 4) is 0 Å². The number of H-pyrrole nitrogens is 1. The zero-order valence-corrected chi connectivity index (χ0v) is 9.69. The Labute approximate surface area is 98.9 Å². The molecule has 0 radical (unpaired) electrons. The average molecular weight is 233 g/mol. The number of rotatable bonds is 4. The van der Waals surface area contributed by atoms with Gasteiger partial charge in [0.1, 0.15) is 0 Å². The number of aromatic nitrogens is 2. The number of aryl methyl sites for hydroxylation is 1. The largest absolute Gasteiger partial charge is 0.466 e. The van der Waals surface area contributed by atoms with Gasteiger partial charge in [-0.25, -0.2) is 0 Å². The van der Waals surface area contributed by atoms with Crippen LogP contribution in [0.5, 0.6) is 0 Å². The van der Waals surface area contributed by atoms with Crippen molar-refractivity contribution < 1.29 is 9.53 Å². The first kappa shape index (κ1) is 11.4. The number of fused-ring (bicyclic) bond motifs is 1. The summed E-state index contributed by atoms with van der Waals surface area (Å²) in [4.78, 5) is 11.3. The van der Waals surface area contributed by atoms with Gasteiger partial charge in [0, 0.05) is 23.2 Å². The lowest BCUT2D eigenvalue weighted by atomic mass is 10.1. The molecular formula is C12H15N3O2. The molecule has 0 unspecified atom stereocenters. The number of carbonyl (C=O) groups is 1. The van der Waals surface area contributed by atoms with Gasteiger partial charge in [-0.05, 0) is 25.1 Å². The normalized spacial score (nSPS) is 10.6. The highest BCUT2D eigenvalue weighted by molar-refractivity contribution is 5.84. The van der Waals surface area contributed by atoms with Gasteiger partial charge in [-0.3, -0.25) is 9.89 Å². The van der Waals surface area contributed by atoms with Crippen LogP contribution in [0.4, 0.5) is 5.69 Å². The molecule has 0 aliphatic heterocycles. The maximum Gasteiger partial charge on any atom is 0.306 e. The zero-order valence-electron chi connectivity index (χ0n) is 9.69. The predicted molar refractivity (Wildman–Crippen MR) is 65.5 cm³/mol. The number of hydrogen-bond donors (Lipinski definition) is 2. The summed E-state index contributed by atoms with van der Waals surface area (Å²) in [6.07, 6.45) is 0.953. The van der Waals surface area contributed by atoms with E-state index in [0.717, 1.165) is 16.6 Å². The van der Waals surface area contributed by atoms with Gasteiger partial charge < -0.3 is 10.5 Å². The van der Waals surface area contributed by atoms with Crippen LogP contribution < -0.4 is 5.73 Å². The molecule has 3 N–H and O–H groups in total. The molecule has 1 aromatic carbocycles. The average Bonchev–Trinajstić information content (AvgIpc) is 2.69. The van der Waals surface area contributed by atoms with E-state index in [1.54, 1.807) is 13.0 Å². The second-order valence-corrected chi connectivity index (χ2v) is 3.78. The SMILES string of the molecule is CCOC(=O)CCc1[nH]nc2cc(N)ccc12. The van der Waals surface area contributed by atoms with Crippen LogP contribution in [0.1, 0.15) is 19.0 Å². The number of benzene rings is 1. The molecule has 5 heteroatoms. The number of carbonyl (C=O) groups excluding carboxylic acids is 1. The fraction of sp³-hybridized carbons (Fsp3) is 0.333. The quantitative estimate of drug-likeness (QED) is 0.621. The molecule has 1 aromatic heterocycles. The maximum atomic E-state index is 11.3. The number of nitrogens with zero attached hydrogens (tertiary/aromatic N) is 1. The fourth-order valence-corrected chi connectivity index (χ4v) is 1.74. The number of nitrogen functional groups attached to an aromatic ring is 1. The van der Waals surface area contributed by atoms with E-state index < -0.39 is 0 Å². The summed E-state index contributed by atoms with van der Waals surface area (Å²) in [6.45, 7) is 2.21. The van der Waals surface area contributed by atoms with Crippen LogP contribution in [0.2, 0.25) is 0 Å². The minimum Gasteiger partial charge on any atom is -0.466 e. The summed E-state index contributed by atoms with van der Waals surface area (Å²) in [6, 6.07) is 5.54. The Morgan fingerprint density at radius 2 is 2.35 bits per heavy atom. The number of nitrogens with one attached hydrogen (secondary N) is 1. The summed E-state index contributed by atoms with van der Waals surface area (Å²) in [7, 11) is 0. The highest BCUT2D eigenvalue weighted by atomic mass is 16.5. The highest BCUT2D eigenvalue weighted by Crippen LogP contribution is 2.19. The van der Waals surface area contributed by atoms with Crippen LogP contribution in [0.3, 0.4) is 0 Å². The lowest BCUT2D eigenvalue weighted by molar-refractivity contribution is -0.143. The molecule has 90 valence electrons. The molecule has 2 rings (SSSR count). The number of anilines is 1. The first-order valence-electron chi connectivity index (χ1n) is 5.59. The van der Waals surface area contributed by atoms with Gasteiger partial charge in [-0.1, -0.05) is 0 Å². The molecule has 17 heavy (non-hydrogen) atoms. The molecule has 0 spiro atoms. The van der Waals surface area contributed by atoms with E-state index >= 15 is 0 Å². The fourth-order valence-electron chi connectivity index (χ4n) is 1.74. The number of ether oxygens (including phenoxy) is 1. The van der Waals surface area contributed by atoms with Gasteiger partial charge in [-0.2, -0.15) is 5.10 Å². The Bertz CT molecular complexity index is 534. The summed E-state index contributed by atoms with van der Waals surface area (Å²) in [5, 5.41) is 8.07. The molecule has 0 aliphatic rings. The van der Waals surface area contributed by atoms with Gasteiger partial charge in [0.2, 0.25) is 0 Å². The van der Waals surface area contributed by atoms with Crippen LogP contribution in [-0.4, -0.2) is 22.8 Å². The standard InChI is InChI=1S/C12H15N3O2/c1-2-17-12(16)6-5-10-9-4-3-8(13)7-11(9)15-14-10/h3-4,7H,2,5-6,13H2,1H3,(H,14,15). The predicted octanol–water partition coefficient (Wildman–Crippen LogP) is 1.64. The van der Waals surface area contributed by atoms with E-state index in [9.17, 15) is 4.79 Å². The van der Waals surface area contributed by atoms with E-state index in [2.05, 4.69) is 10.2 Å². The minimum atomic E-state index is -0.189. The summed E-state index contributed by atoms with van der Waals surface area (Å²) >= 11 is 0. The Balaban J connectivity index is 2.11. The van der Waals surface area contributed by atoms with Gasteiger partial charge in [-0.15, -0.1) is 0 Å². The summed E-state index contributed by atoms with van der Waals surface area (Å²) < 4.78 is 4.88. The first-order chi connectivity index (χ1) is 8.20. The van der Waals surface area contributed by atoms with Crippen LogP contribution in [-0.2, 0) is 16.0 Å². The van der Waals surface area contributed by atoms with Crippen molar-refractivity contribution >= 4 is 22.6 Å². The third-order valence-corrected chi connectivity index (χ3v) is 2.54. The van der Waals surface area contributed by atoms with Crippen LogP contribution >= 0.6 is 0 Å². The third-order valence-electron chi connectivity index (χ3n) is 2.54. The van der Waals surface area contributed by atoms with Crippen molar-refractivity contribution in [2.24, 2.45) is 0 Å². The Morgan fingerprint density at radius 3 is 3.12 bits per heavy atom. The molecule has 0 fully saturated rings. The monoisotopic (exact) mass is 233 g/mol. The van der Waals surface area contributed by atoms with Crippen LogP contribution in [0.25, 0.3) is 10.9 Å². The first-order valence-corrected chi connectivity index (χ1v) is 5.59. The minimum absolute atomic E-state index is 0.189. The second-order valence-electron chi connectivity index (χ2n) is 3.78. The highest BCUT2D eigenvalue weighted by Gasteiger charge is 2.08. The summed E-state index contributed by atoms with van der Waals surface area (Å²) in [5.41, 5.74) is 8.11. The van der Waals surface area contributed by atoms with Crippen molar-refractivity contribution in [2.45, 2.75) is 19.8 Å². The molecule has 2 aromatic rings. The van der Waals surface area contributed by atoms with Crippen molar-refractivity contribution in [1.82, 2.24) is 10.2 Å². The molecule has 1 heterocycles. The molecule has 0 saturated heterocycles. The van der Waals surface area contributed by atoms with E-state index in [1.165, 1.54) is 0 Å². The Morgan fingerprint density at radius 1 is 1.53 bits per heavy atom. The van der Waals surface area contributed by atoms with Gasteiger partial charge in [0.25, 0.3) is 0 Å². The van der Waals surface area contributed by atoms with Crippen molar-refractivity contribution in [1.29, 1.82) is 0 Å². The topological polar surface area (TPSA) is 81.0 Å². The van der Waals surface area contributed by atoms with Gasteiger partial charge >= 0.3 is 5.97 Å². The van der Waals surface area contributed by atoms with E-state index in [4.69, 9.17) is 10.5 Å². The number of hydrogen-bond acceptors (Lipinski definition) is 4. The molecule has 0 bridgehead atoms. The van der Waals surface area contributed by atoms with Gasteiger partial charge in [0.05, 0.1) is 18.5 Å². The third kappa shape index (κ3) is 2.55. The lowest BCUT2D eigenvalue weighted by Gasteiger charge is -2.00. The van der Waals surface area contributed by atoms with E-state index in [1.807, 2.05) is 12.1 Å². The molecule has 0 aliphatic carbocycles. The van der Waals surface area contributed by atoms with E-state index in [0.29, 0.717) is 25.1 Å². The smallest absolute Gasteiger partial charge is 0.306 e. The maximum absolute atomic E-state index is 11.3. The van der Waals surface area contributed by atoms with Crippen molar-refractivity contribution in [2.75, 3.05) is 12.3 Å². The second kappa shape index (κ2) is 4.86. The van der Waals surface area contributed by atoms with Gasteiger partial charge in [0.15, 0.2) is 0 Å². The van der Waals surface area contributed by atoms with Crippen LogP contribution in [0.15, 0.2) is 18.2 Å². The van der Waals surface area contributed by atoms with Crippen LogP contribution in [0, 0.1) is 0 Å². The van der Waals surface area contributed by atoms with Crippen molar-refractivity contribution in [3.05, 3.63) is 23.9 Å². The lowest BCUT2D eigenvalue weighted by Crippen LogP contribution is -2.05. The molecule has 5 nitrogen and oxygen atoms in total. The van der Waals surface area contributed by atoms with Crippen molar-refractivity contribution in [3.63, 3.8) is 0 Å². The number of aromatic amines is 1. The molecule has 0 amide bonds. The molecule has 0 atom stereocenters. The van der Waals surface area contributed by atoms with E-state index in [-0.39, 0.29) is 5.97 Å². The molecule has 0 saturated carbocycles. The zero-order chi connectivity index (χ0) is 12.3. The summed E-state index contributed by atoms with van der Waals surface area (Å²) in [5.74, 6) is -0.189. The Kier molecular flexibility index (Phi) is 3.27. The Hall–Kier alpha value is -2.04. The number of nitrogens with two attached hydrogens (primary N) is 1.